The van der Waals surface area contributed by atoms with Gasteiger partial charge in [-0.15, -0.1) is 0 Å². The predicted octanol–water partition coefficient (Wildman–Crippen LogP) is 3.43. The van der Waals surface area contributed by atoms with Gasteiger partial charge in [-0.1, -0.05) is 38.5 Å². The Balaban J connectivity index is 1.79. The number of rotatable bonds is 7. The molecular weight excluding hydrogens is 380 g/mol. The Morgan fingerprint density at radius 2 is 1.70 bits per heavy atom. The van der Waals surface area contributed by atoms with Crippen LogP contribution in [0, 0.1) is 5.92 Å². The van der Waals surface area contributed by atoms with Crippen LogP contribution in [0.5, 0.6) is 11.5 Å². The number of carbonyl (C=O) groups excluding carboxylic acids is 2. The topological polar surface area (TPSA) is 67.9 Å². The van der Waals surface area contributed by atoms with E-state index in [1.54, 1.807) is 26.4 Å². The Morgan fingerprint density at radius 3 is 2.30 bits per heavy atom. The van der Waals surface area contributed by atoms with Crippen LogP contribution in [0.3, 0.4) is 0 Å². The molecule has 2 aromatic rings. The minimum Gasteiger partial charge on any atom is -0.493 e. The molecule has 1 aliphatic heterocycles. The number of amides is 2. The zero-order valence-corrected chi connectivity index (χ0v) is 18.1. The van der Waals surface area contributed by atoms with Crippen LogP contribution in [0.4, 0.5) is 0 Å². The lowest BCUT2D eigenvalue weighted by Gasteiger charge is -2.34. The lowest BCUT2D eigenvalue weighted by Crippen LogP contribution is -2.52. The molecule has 0 bridgehead atoms. The van der Waals surface area contributed by atoms with Gasteiger partial charge >= 0.3 is 0 Å². The molecule has 1 heterocycles. The minimum atomic E-state index is -0.565. The smallest absolute Gasteiger partial charge is 0.251 e. The van der Waals surface area contributed by atoms with E-state index >= 15 is 0 Å². The molecule has 1 aliphatic rings. The first-order chi connectivity index (χ1) is 14.5. The van der Waals surface area contributed by atoms with Gasteiger partial charge in [-0.05, 0) is 47.7 Å². The van der Waals surface area contributed by atoms with Crippen molar-refractivity contribution in [3.8, 4) is 11.5 Å². The lowest BCUT2D eigenvalue weighted by molar-refractivity contribution is -0.135. The zero-order chi connectivity index (χ0) is 21.7. The first-order valence-electron chi connectivity index (χ1n) is 10.4. The highest BCUT2D eigenvalue weighted by Gasteiger charge is 2.32. The Kier molecular flexibility index (Phi) is 6.98. The standard InChI is InChI=1S/C24H30N2O4/c1-5-16(2)22(25-23(27)17-9-7-6-8-10-17)24(28)26-12-11-18-13-20(29-3)21(30-4)14-19(18)15-26/h6-10,13-14,16,22H,5,11-12,15H2,1-4H3,(H,25,27). The van der Waals surface area contributed by atoms with E-state index in [9.17, 15) is 9.59 Å². The molecule has 0 aromatic heterocycles. The van der Waals surface area contributed by atoms with Crippen LogP contribution in [0.15, 0.2) is 42.5 Å². The number of hydrogen-bond acceptors (Lipinski definition) is 4. The van der Waals surface area contributed by atoms with Gasteiger partial charge in [-0.25, -0.2) is 0 Å². The van der Waals surface area contributed by atoms with Crippen molar-refractivity contribution in [2.45, 2.75) is 39.3 Å². The molecule has 2 amide bonds. The molecule has 0 spiro atoms. The average Bonchev–Trinajstić information content (AvgIpc) is 2.80. The van der Waals surface area contributed by atoms with Crippen molar-refractivity contribution in [2.75, 3.05) is 20.8 Å². The predicted molar refractivity (Wildman–Crippen MR) is 116 cm³/mol. The van der Waals surface area contributed by atoms with Crippen molar-refractivity contribution in [1.29, 1.82) is 0 Å². The summed E-state index contributed by atoms with van der Waals surface area (Å²) in [5.74, 6) is 1.11. The summed E-state index contributed by atoms with van der Waals surface area (Å²) < 4.78 is 10.8. The summed E-state index contributed by atoms with van der Waals surface area (Å²) in [6.45, 7) is 5.13. The monoisotopic (exact) mass is 410 g/mol. The SMILES string of the molecule is CCC(C)C(NC(=O)c1ccccc1)C(=O)N1CCc2cc(OC)c(OC)cc2C1. The fraction of sp³-hybridized carbons (Fsp3) is 0.417. The molecule has 160 valence electrons. The fourth-order valence-corrected chi connectivity index (χ4v) is 3.77. The summed E-state index contributed by atoms with van der Waals surface area (Å²) >= 11 is 0. The first-order valence-corrected chi connectivity index (χ1v) is 10.4. The third kappa shape index (κ3) is 4.58. The molecule has 0 saturated carbocycles. The number of benzene rings is 2. The van der Waals surface area contributed by atoms with Crippen LogP contribution in [0.25, 0.3) is 0 Å². The lowest BCUT2D eigenvalue weighted by atomic mass is 9.94. The maximum Gasteiger partial charge on any atom is 0.251 e. The van der Waals surface area contributed by atoms with Gasteiger partial charge in [0.1, 0.15) is 6.04 Å². The van der Waals surface area contributed by atoms with E-state index in [0.717, 1.165) is 24.0 Å². The Morgan fingerprint density at radius 1 is 1.07 bits per heavy atom. The van der Waals surface area contributed by atoms with Crippen LogP contribution in [-0.2, 0) is 17.8 Å². The van der Waals surface area contributed by atoms with Crippen molar-refractivity contribution in [2.24, 2.45) is 5.92 Å². The molecule has 6 heteroatoms. The summed E-state index contributed by atoms with van der Waals surface area (Å²) in [4.78, 5) is 27.9. The molecule has 0 aliphatic carbocycles. The van der Waals surface area contributed by atoms with Crippen molar-refractivity contribution in [3.63, 3.8) is 0 Å². The molecule has 2 unspecified atom stereocenters. The summed E-state index contributed by atoms with van der Waals surface area (Å²) in [6, 6.07) is 12.4. The number of ether oxygens (including phenoxy) is 2. The van der Waals surface area contributed by atoms with Gasteiger partial charge in [0.15, 0.2) is 11.5 Å². The Labute approximate surface area is 178 Å². The molecule has 3 rings (SSSR count). The van der Waals surface area contributed by atoms with Crippen LogP contribution in [-0.4, -0.2) is 43.5 Å². The van der Waals surface area contributed by atoms with Gasteiger partial charge in [0.05, 0.1) is 14.2 Å². The van der Waals surface area contributed by atoms with E-state index in [1.807, 2.05) is 49.1 Å². The van der Waals surface area contributed by atoms with Gasteiger partial charge in [-0.2, -0.15) is 0 Å². The summed E-state index contributed by atoms with van der Waals surface area (Å²) in [7, 11) is 3.23. The van der Waals surface area contributed by atoms with Gasteiger partial charge in [0.2, 0.25) is 5.91 Å². The van der Waals surface area contributed by atoms with Crippen LogP contribution in [0.2, 0.25) is 0 Å². The van der Waals surface area contributed by atoms with Crippen LogP contribution < -0.4 is 14.8 Å². The summed E-state index contributed by atoms with van der Waals surface area (Å²) in [5, 5.41) is 2.97. The molecule has 30 heavy (non-hydrogen) atoms. The number of hydrogen-bond donors (Lipinski definition) is 1. The highest BCUT2D eigenvalue weighted by molar-refractivity contribution is 5.97. The second-order valence-corrected chi connectivity index (χ2v) is 7.69. The fourth-order valence-electron chi connectivity index (χ4n) is 3.77. The van der Waals surface area contributed by atoms with Crippen LogP contribution >= 0.6 is 0 Å². The van der Waals surface area contributed by atoms with E-state index < -0.39 is 6.04 Å². The maximum atomic E-state index is 13.4. The average molecular weight is 411 g/mol. The number of nitrogens with zero attached hydrogens (tertiary/aromatic N) is 1. The summed E-state index contributed by atoms with van der Waals surface area (Å²) in [6.07, 6.45) is 1.53. The van der Waals surface area contributed by atoms with Crippen molar-refractivity contribution in [1.82, 2.24) is 10.2 Å². The Hall–Kier alpha value is -3.02. The van der Waals surface area contributed by atoms with E-state index in [2.05, 4.69) is 5.32 Å². The Bertz CT molecular complexity index is 898. The quantitative estimate of drug-likeness (QED) is 0.759. The molecule has 0 saturated heterocycles. The largest absolute Gasteiger partial charge is 0.493 e. The van der Waals surface area contributed by atoms with E-state index in [0.29, 0.717) is 30.2 Å². The van der Waals surface area contributed by atoms with Gasteiger partial charge in [-0.3, -0.25) is 9.59 Å². The third-order valence-electron chi connectivity index (χ3n) is 5.83. The molecule has 0 radical (unpaired) electrons. The van der Waals surface area contributed by atoms with Gasteiger partial charge < -0.3 is 19.7 Å². The minimum absolute atomic E-state index is 0.0250. The van der Waals surface area contributed by atoms with E-state index in [4.69, 9.17) is 9.47 Å². The van der Waals surface area contributed by atoms with E-state index in [-0.39, 0.29) is 17.7 Å². The van der Waals surface area contributed by atoms with Crippen molar-refractivity contribution < 1.29 is 19.1 Å². The molecule has 1 N–H and O–H groups in total. The maximum absolute atomic E-state index is 13.4. The van der Waals surface area contributed by atoms with Crippen LogP contribution in [0.1, 0.15) is 41.8 Å². The number of fused-ring (bicyclic) bond motifs is 1. The summed E-state index contributed by atoms with van der Waals surface area (Å²) in [5.41, 5.74) is 2.76. The molecule has 6 nitrogen and oxygen atoms in total. The zero-order valence-electron chi connectivity index (χ0n) is 18.1. The third-order valence-corrected chi connectivity index (χ3v) is 5.83. The molecule has 2 aromatic carbocycles. The second kappa shape index (κ2) is 9.65. The number of methoxy groups -OCH3 is 2. The highest BCUT2D eigenvalue weighted by atomic mass is 16.5. The van der Waals surface area contributed by atoms with Crippen molar-refractivity contribution in [3.05, 3.63) is 59.2 Å². The molecule has 2 atom stereocenters. The van der Waals surface area contributed by atoms with Gasteiger partial charge in [0.25, 0.3) is 5.91 Å². The number of carbonyl (C=O) groups is 2. The molecule has 0 fully saturated rings. The normalized spacial score (nSPS) is 15.0. The highest BCUT2D eigenvalue weighted by Crippen LogP contribution is 2.33. The second-order valence-electron chi connectivity index (χ2n) is 7.69. The van der Waals surface area contributed by atoms with Gasteiger partial charge in [0, 0.05) is 18.7 Å². The number of nitrogens with one attached hydrogen (secondary N) is 1. The van der Waals surface area contributed by atoms with E-state index in [1.165, 1.54) is 0 Å². The molecular formula is C24H30N2O4. The first kappa shape index (κ1) is 21.7. The van der Waals surface area contributed by atoms with Crippen molar-refractivity contribution >= 4 is 11.8 Å².